The van der Waals surface area contributed by atoms with Crippen molar-refractivity contribution in [3.05, 3.63) is 32.8 Å². The van der Waals surface area contributed by atoms with Crippen molar-refractivity contribution in [2.45, 2.75) is 32.9 Å². The van der Waals surface area contributed by atoms with Gasteiger partial charge in [-0.2, -0.15) is 0 Å². The molecule has 2 heterocycles. The summed E-state index contributed by atoms with van der Waals surface area (Å²) >= 11 is 3.16. The Kier molecular flexibility index (Phi) is 4.51. The van der Waals surface area contributed by atoms with E-state index in [1.807, 2.05) is 0 Å². The lowest BCUT2D eigenvalue weighted by atomic mass is 10.2. The van der Waals surface area contributed by atoms with Gasteiger partial charge in [0.2, 0.25) is 0 Å². The largest absolute Gasteiger partial charge is 0.459 e. The van der Waals surface area contributed by atoms with E-state index in [1.54, 1.807) is 20.8 Å². The van der Waals surface area contributed by atoms with Gasteiger partial charge in [-0.25, -0.2) is 9.97 Å². The predicted molar refractivity (Wildman–Crippen MR) is 85.9 cm³/mol. The molecule has 0 saturated heterocycles. The van der Waals surface area contributed by atoms with Crippen molar-refractivity contribution in [2.24, 2.45) is 5.73 Å². The van der Waals surface area contributed by atoms with Crippen LogP contribution in [-0.4, -0.2) is 32.0 Å². The van der Waals surface area contributed by atoms with Crippen molar-refractivity contribution >= 4 is 39.0 Å². The number of carbonyl (C=O) groups excluding carboxylic acids is 2. The van der Waals surface area contributed by atoms with Crippen molar-refractivity contribution in [1.29, 1.82) is 0 Å². The molecule has 2 rings (SSSR count). The third kappa shape index (κ3) is 3.92. The number of pyridine rings is 1. The molecule has 0 fully saturated rings. The lowest BCUT2D eigenvalue weighted by Crippen LogP contribution is -2.34. The maximum atomic E-state index is 12.4. The van der Waals surface area contributed by atoms with Crippen LogP contribution >= 0.6 is 15.9 Å². The van der Waals surface area contributed by atoms with Gasteiger partial charge in [0.1, 0.15) is 27.8 Å². The first kappa shape index (κ1) is 17.1. The molecule has 0 aliphatic heterocycles. The van der Waals surface area contributed by atoms with Gasteiger partial charge in [0.05, 0.1) is 6.20 Å². The summed E-state index contributed by atoms with van der Waals surface area (Å²) in [5.41, 5.74) is 3.95. The highest BCUT2D eigenvalue weighted by Gasteiger charge is 2.21. The van der Waals surface area contributed by atoms with E-state index in [9.17, 15) is 14.4 Å². The molecule has 2 aromatic rings. The number of ether oxygens (including phenoxy) is 1. The second-order valence-electron chi connectivity index (χ2n) is 5.80. The van der Waals surface area contributed by atoms with Gasteiger partial charge in [0.25, 0.3) is 11.5 Å². The van der Waals surface area contributed by atoms with Crippen molar-refractivity contribution in [3.63, 3.8) is 0 Å². The molecule has 0 unspecified atom stereocenters. The number of carbonyl (C=O) groups is 2. The zero-order chi connectivity index (χ0) is 17.4. The zero-order valence-corrected chi connectivity index (χ0v) is 14.4. The number of primary amides is 1. The van der Waals surface area contributed by atoms with Crippen LogP contribution in [0.4, 0.5) is 0 Å². The van der Waals surface area contributed by atoms with E-state index in [0.29, 0.717) is 4.60 Å². The number of halogens is 1. The van der Waals surface area contributed by atoms with Crippen LogP contribution in [0.15, 0.2) is 21.7 Å². The molecule has 23 heavy (non-hydrogen) atoms. The first-order valence-corrected chi connectivity index (χ1v) is 7.45. The van der Waals surface area contributed by atoms with Crippen LogP contribution in [0, 0.1) is 0 Å². The number of aromatic nitrogens is 3. The van der Waals surface area contributed by atoms with E-state index < -0.39 is 29.6 Å². The van der Waals surface area contributed by atoms with Gasteiger partial charge in [0, 0.05) is 0 Å². The number of nitrogens with two attached hydrogens (primary N) is 1. The molecule has 0 aliphatic carbocycles. The van der Waals surface area contributed by atoms with Crippen molar-refractivity contribution in [2.75, 3.05) is 0 Å². The van der Waals surface area contributed by atoms with Crippen LogP contribution < -0.4 is 11.3 Å². The Balaban J connectivity index is 2.61. The Bertz CT molecular complexity index is 854. The molecule has 2 aromatic heterocycles. The number of hydrogen-bond donors (Lipinski definition) is 1. The van der Waals surface area contributed by atoms with Crippen LogP contribution in [0.5, 0.6) is 0 Å². The Morgan fingerprint density at radius 3 is 2.61 bits per heavy atom. The van der Waals surface area contributed by atoms with Gasteiger partial charge in [-0.1, -0.05) is 0 Å². The van der Waals surface area contributed by atoms with E-state index in [2.05, 4.69) is 25.9 Å². The fourth-order valence-electron chi connectivity index (χ4n) is 1.95. The summed E-state index contributed by atoms with van der Waals surface area (Å²) in [5, 5.41) is 0. The molecule has 0 saturated carbocycles. The Labute approximate surface area is 139 Å². The maximum absolute atomic E-state index is 12.4. The summed E-state index contributed by atoms with van der Waals surface area (Å²) in [7, 11) is 0. The van der Waals surface area contributed by atoms with Crippen LogP contribution in [-0.2, 0) is 16.1 Å². The van der Waals surface area contributed by atoms with Gasteiger partial charge in [-0.3, -0.25) is 19.0 Å². The highest BCUT2D eigenvalue weighted by molar-refractivity contribution is 9.10. The van der Waals surface area contributed by atoms with Crippen molar-refractivity contribution < 1.29 is 14.3 Å². The van der Waals surface area contributed by atoms with Crippen LogP contribution in [0.2, 0.25) is 0 Å². The first-order valence-electron chi connectivity index (χ1n) is 6.66. The quantitative estimate of drug-likeness (QED) is 0.790. The fourth-order valence-corrected chi connectivity index (χ4v) is 2.24. The van der Waals surface area contributed by atoms with Gasteiger partial charge >= 0.3 is 5.97 Å². The van der Waals surface area contributed by atoms with E-state index in [0.717, 1.165) is 4.57 Å². The zero-order valence-electron chi connectivity index (χ0n) is 12.8. The third-order valence-electron chi connectivity index (χ3n) is 2.73. The minimum Gasteiger partial charge on any atom is -0.459 e. The molecule has 0 aliphatic rings. The first-order chi connectivity index (χ1) is 10.6. The molecule has 0 spiro atoms. The molecule has 122 valence electrons. The molecule has 2 N–H and O–H groups in total. The lowest BCUT2D eigenvalue weighted by Gasteiger charge is -2.20. The summed E-state index contributed by atoms with van der Waals surface area (Å²) in [6, 6.07) is 1.25. The molecule has 9 heteroatoms. The second-order valence-corrected chi connectivity index (χ2v) is 6.61. The minimum absolute atomic E-state index is 0.161. The topological polar surface area (TPSA) is 117 Å². The standard InChI is InChI=1S/C14H15BrN4O4/c1-14(2,3)23-10(20)6-19-12-8(18-9(15)5-17-12)4-7(11(16)21)13(19)22/h4-5H,6H2,1-3H3,(H2,16,21). The molecular formula is C14H15BrN4O4. The number of esters is 1. The highest BCUT2D eigenvalue weighted by Crippen LogP contribution is 2.14. The normalized spacial score (nSPS) is 11.5. The number of rotatable bonds is 3. The summed E-state index contributed by atoms with van der Waals surface area (Å²) < 4.78 is 6.65. The summed E-state index contributed by atoms with van der Waals surface area (Å²) in [5.74, 6) is -1.54. The lowest BCUT2D eigenvalue weighted by molar-refractivity contribution is -0.155. The average molecular weight is 383 g/mol. The number of nitrogens with zero attached hydrogens (tertiary/aromatic N) is 3. The van der Waals surface area contributed by atoms with Crippen LogP contribution in [0.3, 0.4) is 0 Å². The van der Waals surface area contributed by atoms with E-state index in [1.165, 1.54) is 12.3 Å². The highest BCUT2D eigenvalue weighted by atomic mass is 79.9. The summed E-state index contributed by atoms with van der Waals surface area (Å²) in [6.45, 7) is 4.73. The average Bonchev–Trinajstić information content (AvgIpc) is 2.39. The smallest absolute Gasteiger partial charge is 0.326 e. The van der Waals surface area contributed by atoms with Crippen LogP contribution in [0.25, 0.3) is 11.2 Å². The number of fused-ring (bicyclic) bond motifs is 1. The van der Waals surface area contributed by atoms with E-state index in [-0.39, 0.29) is 16.7 Å². The van der Waals surface area contributed by atoms with Gasteiger partial charge in [-0.15, -0.1) is 0 Å². The SMILES string of the molecule is CC(C)(C)OC(=O)Cn1c(=O)c(C(N)=O)cc2nc(Br)cnc21. The predicted octanol–water partition coefficient (Wildman–Crippen LogP) is 0.995. The third-order valence-corrected chi connectivity index (χ3v) is 3.12. The van der Waals surface area contributed by atoms with Gasteiger partial charge < -0.3 is 10.5 Å². The van der Waals surface area contributed by atoms with E-state index >= 15 is 0 Å². The van der Waals surface area contributed by atoms with Crippen LogP contribution in [0.1, 0.15) is 31.1 Å². The molecular weight excluding hydrogens is 368 g/mol. The maximum Gasteiger partial charge on any atom is 0.326 e. The molecule has 0 bridgehead atoms. The Morgan fingerprint density at radius 1 is 1.39 bits per heavy atom. The van der Waals surface area contributed by atoms with Gasteiger partial charge in [-0.05, 0) is 42.8 Å². The monoisotopic (exact) mass is 382 g/mol. The number of amides is 1. The summed E-state index contributed by atoms with van der Waals surface area (Å²) in [4.78, 5) is 44.1. The summed E-state index contributed by atoms with van der Waals surface area (Å²) in [6.07, 6.45) is 1.39. The molecule has 0 radical (unpaired) electrons. The Hall–Kier alpha value is -2.29. The van der Waals surface area contributed by atoms with Crippen molar-refractivity contribution in [1.82, 2.24) is 14.5 Å². The fraction of sp³-hybridized carbons (Fsp3) is 0.357. The van der Waals surface area contributed by atoms with Gasteiger partial charge in [0.15, 0.2) is 5.65 Å². The molecule has 0 atom stereocenters. The number of hydrogen-bond acceptors (Lipinski definition) is 6. The second kappa shape index (κ2) is 6.07. The van der Waals surface area contributed by atoms with Crippen molar-refractivity contribution in [3.8, 4) is 0 Å². The Morgan fingerprint density at radius 2 is 2.04 bits per heavy atom. The minimum atomic E-state index is -0.906. The van der Waals surface area contributed by atoms with E-state index in [4.69, 9.17) is 10.5 Å². The molecule has 0 aromatic carbocycles. The molecule has 8 nitrogen and oxygen atoms in total. The molecule has 1 amide bonds.